The normalized spacial score (nSPS) is 28.8. The van der Waals surface area contributed by atoms with E-state index in [1.54, 1.807) is 18.2 Å². The monoisotopic (exact) mass is 314 g/mol. The van der Waals surface area contributed by atoms with E-state index in [0.717, 1.165) is 12.8 Å². The Balaban J connectivity index is 1.78. The molecule has 0 aromatic heterocycles. The lowest BCUT2D eigenvalue weighted by Crippen LogP contribution is -2.59. The van der Waals surface area contributed by atoms with Gasteiger partial charge in [-0.2, -0.15) is 0 Å². The average molecular weight is 315 g/mol. The second kappa shape index (κ2) is 5.75. The van der Waals surface area contributed by atoms with Gasteiger partial charge in [-0.05, 0) is 25.0 Å². The lowest BCUT2D eigenvalue weighted by Gasteiger charge is -2.53. The maximum atomic E-state index is 10.3. The Morgan fingerprint density at radius 3 is 2.45 bits per heavy atom. The first kappa shape index (κ1) is 14.5. The number of aliphatic hydroxyl groups excluding tert-OH is 1. The van der Waals surface area contributed by atoms with Crippen LogP contribution in [-0.4, -0.2) is 17.3 Å². The zero-order valence-corrected chi connectivity index (χ0v) is 13.0. The maximum absolute atomic E-state index is 10.3. The van der Waals surface area contributed by atoms with E-state index in [1.165, 1.54) is 25.7 Å². The number of hydrogen-bond acceptors (Lipinski definition) is 2. The summed E-state index contributed by atoms with van der Waals surface area (Å²) in [4.78, 5) is 0. The molecule has 0 aliphatic heterocycles. The molecule has 2 saturated carbocycles. The zero-order chi connectivity index (χ0) is 14.2. The van der Waals surface area contributed by atoms with Crippen molar-refractivity contribution in [2.75, 3.05) is 0 Å². The van der Waals surface area contributed by atoms with Gasteiger partial charge < -0.3 is 9.84 Å². The SMILES string of the molecule is OC1CC(Oc2cc(Cl)ccc2Cl)C12CCCCCC2. The molecular weight excluding hydrogens is 295 g/mol. The Hall–Kier alpha value is -0.440. The number of benzene rings is 1. The largest absolute Gasteiger partial charge is 0.488 e. The fourth-order valence-electron chi connectivity index (χ4n) is 3.65. The fraction of sp³-hybridized carbons (Fsp3) is 0.625. The molecule has 0 radical (unpaired) electrons. The molecule has 2 fully saturated rings. The van der Waals surface area contributed by atoms with Crippen LogP contribution in [0.2, 0.25) is 10.0 Å². The molecule has 1 spiro atoms. The quantitative estimate of drug-likeness (QED) is 0.845. The second-order valence-electron chi connectivity index (χ2n) is 6.08. The summed E-state index contributed by atoms with van der Waals surface area (Å²) < 4.78 is 6.10. The van der Waals surface area contributed by atoms with Crippen LogP contribution in [0.5, 0.6) is 5.75 Å². The second-order valence-corrected chi connectivity index (χ2v) is 6.92. The predicted molar refractivity (Wildman–Crippen MR) is 81.6 cm³/mol. The van der Waals surface area contributed by atoms with Crippen LogP contribution in [0.3, 0.4) is 0 Å². The number of hydrogen-bond donors (Lipinski definition) is 1. The van der Waals surface area contributed by atoms with E-state index in [-0.39, 0.29) is 17.6 Å². The summed E-state index contributed by atoms with van der Waals surface area (Å²) in [6.45, 7) is 0. The number of ether oxygens (including phenoxy) is 1. The standard InChI is InChI=1S/C16H20Cl2O2/c17-11-5-6-12(18)13(9-11)20-15-10-14(19)16(15)7-3-1-2-4-8-16/h5-6,9,14-15,19H,1-4,7-8,10H2. The van der Waals surface area contributed by atoms with E-state index in [0.29, 0.717) is 22.2 Å². The van der Waals surface area contributed by atoms with Crippen LogP contribution in [0.25, 0.3) is 0 Å². The minimum Gasteiger partial charge on any atom is -0.488 e. The number of halogens is 2. The average Bonchev–Trinajstić information content (AvgIpc) is 2.70. The van der Waals surface area contributed by atoms with E-state index < -0.39 is 0 Å². The summed E-state index contributed by atoms with van der Waals surface area (Å²) in [5, 5.41) is 11.5. The maximum Gasteiger partial charge on any atom is 0.139 e. The Kier molecular flexibility index (Phi) is 4.16. The number of rotatable bonds is 2. The first-order chi connectivity index (χ1) is 9.62. The minimum atomic E-state index is -0.233. The third-order valence-electron chi connectivity index (χ3n) is 4.94. The van der Waals surface area contributed by atoms with E-state index in [1.807, 2.05) is 0 Å². The van der Waals surface area contributed by atoms with Gasteiger partial charge in [0.15, 0.2) is 0 Å². The van der Waals surface area contributed by atoms with Gasteiger partial charge in [0.2, 0.25) is 0 Å². The summed E-state index contributed by atoms with van der Waals surface area (Å²) in [7, 11) is 0. The van der Waals surface area contributed by atoms with Gasteiger partial charge in [-0.15, -0.1) is 0 Å². The Labute approximate surface area is 130 Å². The van der Waals surface area contributed by atoms with E-state index >= 15 is 0 Å². The van der Waals surface area contributed by atoms with Crippen LogP contribution < -0.4 is 4.74 Å². The van der Waals surface area contributed by atoms with E-state index in [4.69, 9.17) is 27.9 Å². The van der Waals surface area contributed by atoms with Gasteiger partial charge in [-0.3, -0.25) is 0 Å². The zero-order valence-electron chi connectivity index (χ0n) is 11.4. The molecule has 2 aliphatic carbocycles. The van der Waals surface area contributed by atoms with Crippen molar-refractivity contribution in [2.45, 2.75) is 57.2 Å². The van der Waals surface area contributed by atoms with Gasteiger partial charge >= 0.3 is 0 Å². The molecular formula is C16H20Cl2O2. The van der Waals surface area contributed by atoms with Gasteiger partial charge in [-0.1, -0.05) is 48.9 Å². The van der Waals surface area contributed by atoms with Crippen molar-refractivity contribution >= 4 is 23.2 Å². The molecule has 3 rings (SSSR count). The molecule has 0 amide bonds. The smallest absolute Gasteiger partial charge is 0.139 e. The highest BCUT2D eigenvalue weighted by Crippen LogP contribution is 2.52. The lowest BCUT2D eigenvalue weighted by atomic mass is 9.59. The fourth-order valence-corrected chi connectivity index (χ4v) is 3.98. The summed E-state index contributed by atoms with van der Waals surface area (Å²) in [5.74, 6) is 0.639. The Morgan fingerprint density at radius 1 is 1.10 bits per heavy atom. The van der Waals surface area contributed by atoms with Crippen molar-refractivity contribution in [2.24, 2.45) is 5.41 Å². The summed E-state index contributed by atoms with van der Waals surface area (Å²) in [6.07, 6.45) is 7.52. The third kappa shape index (κ3) is 2.54. The molecule has 2 unspecified atom stereocenters. The van der Waals surface area contributed by atoms with Crippen molar-refractivity contribution in [3.05, 3.63) is 28.2 Å². The molecule has 1 N–H and O–H groups in total. The Morgan fingerprint density at radius 2 is 1.80 bits per heavy atom. The van der Waals surface area contributed by atoms with Crippen molar-refractivity contribution in [1.82, 2.24) is 0 Å². The van der Waals surface area contributed by atoms with Gasteiger partial charge in [0.1, 0.15) is 11.9 Å². The minimum absolute atomic E-state index is 0.0616. The number of aliphatic hydroxyl groups is 1. The molecule has 4 heteroatoms. The van der Waals surface area contributed by atoms with Gasteiger partial charge in [0.05, 0.1) is 11.1 Å². The Bertz CT molecular complexity index is 481. The molecule has 2 aliphatic rings. The van der Waals surface area contributed by atoms with Crippen LogP contribution in [0.15, 0.2) is 18.2 Å². The van der Waals surface area contributed by atoms with E-state index in [2.05, 4.69) is 0 Å². The van der Waals surface area contributed by atoms with Crippen LogP contribution in [-0.2, 0) is 0 Å². The summed E-state index contributed by atoms with van der Waals surface area (Å²) >= 11 is 12.2. The highest BCUT2D eigenvalue weighted by Gasteiger charge is 2.55. The third-order valence-corrected chi connectivity index (χ3v) is 5.49. The van der Waals surface area contributed by atoms with Crippen molar-refractivity contribution < 1.29 is 9.84 Å². The first-order valence-electron chi connectivity index (χ1n) is 7.41. The molecule has 0 saturated heterocycles. The van der Waals surface area contributed by atoms with Gasteiger partial charge in [0, 0.05) is 22.9 Å². The van der Waals surface area contributed by atoms with Crippen molar-refractivity contribution in [3.63, 3.8) is 0 Å². The molecule has 20 heavy (non-hydrogen) atoms. The van der Waals surface area contributed by atoms with Gasteiger partial charge in [0.25, 0.3) is 0 Å². The molecule has 1 aromatic carbocycles. The predicted octanol–water partition coefficient (Wildman–Crippen LogP) is 4.85. The molecule has 0 bridgehead atoms. The van der Waals surface area contributed by atoms with Crippen LogP contribution in [0.1, 0.15) is 44.9 Å². The highest BCUT2D eigenvalue weighted by atomic mass is 35.5. The summed E-state index contributed by atoms with van der Waals surface area (Å²) in [5.41, 5.74) is -0.0673. The molecule has 2 nitrogen and oxygen atoms in total. The summed E-state index contributed by atoms with van der Waals surface area (Å²) in [6, 6.07) is 5.28. The van der Waals surface area contributed by atoms with Crippen molar-refractivity contribution in [3.8, 4) is 5.75 Å². The first-order valence-corrected chi connectivity index (χ1v) is 8.17. The van der Waals surface area contributed by atoms with E-state index in [9.17, 15) is 5.11 Å². The molecule has 2 atom stereocenters. The van der Waals surface area contributed by atoms with Crippen LogP contribution >= 0.6 is 23.2 Å². The van der Waals surface area contributed by atoms with Gasteiger partial charge in [-0.25, -0.2) is 0 Å². The lowest BCUT2D eigenvalue weighted by molar-refractivity contribution is -0.163. The van der Waals surface area contributed by atoms with Crippen molar-refractivity contribution in [1.29, 1.82) is 0 Å². The molecule has 110 valence electrons. The highest BCUT2D eigenvalue weighted by molar-refractivity contribution is 6.34. The topological polar surface area (TPSA) is 29.5 Å². The van der Waals surface area contributed by atoms with Crippen LogP contribution in [0.4, 0.5) is 0 Å². The molecule has 1 aromatic rings. The van der Waals surface area contributed by atoms with Crippen LogP contribution in [0, 0.1) is 5.41 Å². The molecule has 0 heterocycles.